The Morgan fingerprint density at radius 2 is 2.18 bits per heavy atom. The van der Waals surface area contributed by atoms with Crippen molar-refractivity contribution in [2.24, 2.45) is 5.92 Å². The molecule has 0 aliphatic rings. The first-order valence-corrected chi connectivity index (χ1v) is 6.19. The molecule has 0 amide bonds. The van der Waals surface area contributed by atoms with Crippen molar-refractivity contribution in [2.45, 2.75) is 32.9 Å². The van der Waals surface area contributed by atoms with Crippen LogP contribution in [0.5, 0.6) is 5.75 Å². The Morgan fingerprint density at radius 1 is 1.41 bits per heavy atom. The summed E-state index contributed by atoms with van der Waals surface area (Å²) in [5.41, 5.74) is 1.17. The topological polar surface area (TPSA) is 41.5 Å². The molecule has 96 valence electrons. The van der Waals surface area contributed by atoms with Crippen LogP contribution in [-0.2, 0) is 6.54 Å². The third-order valence-electron chi connectivity index (χ3n) is 3.12. The molecular formula is C14H23NO2. The molecule has 0 aliphatic heterocycles. The van der Waals surface area contributed by atoms with E-state index in [1.165, 1.54) is 5.56 Å². The van der Waals surface area contributed by atoms with Crippen LogP contribution in [-0.4, -0.2) is 24.9 Å². The Labute approximate surface area is 104 Å². The fraction of sp³-hybridized carbons (Fsp3) is 0.571. The number of ether oxygens (including phenoxy) is 1. The van der Waals surface area contributed by atoms with Crippen LogP contribution in [0.3, 0.4) is 0 Å². The summed E-state index contributed by atoms with van der Waals surface area (Å²) in [6.45, 7) is 5.55. The van der Waals surface area contributed by atoms with E-state index in [0.29, 0.717) is 12.5 Å². The zero-order valence-electron chi connectivity index (χ0n) is 10.9. The predicted octanol–water partition coefficient (Wildman–Crippen LogP) is 2.19. The Hall–Kier alpha value is -1.06. The number of methoxy groups -OCH3 is 1. The molecule has 0 heterocycles. The van der Waals surface area contributed by atoms with E-state index >= 15 is 0 Å². The fourth-order valence-electron chi connectivity index (χ4n) is 1.62. The zero-order chi connectivity index (χ0) is 12.7. The van der Waals surface area contributed by atoms with Crippen molar-refractivity contribution in [3.63, 3.8) is 0 Å². The van der Waals surface area contributed by atoms with Crippen LogP contribution >= 0.6 is 0 Å². The smallest absolute Gasteiger partial charge is 0.119 e. The number of hydrogen-bond acceptors (Lipinski definition) is 3. The quantitative estimate of drug-likeness (QED) is 0.764. The van der Waals surface area contributed by atoms with Crippen molar-refractivity contribution in [1.29, 1.82) is 0 Å². The second kappa shape index (κ2) is 7.30. The van der Waals surface area contributed by atoms with E-state index in [1.54, 1.807) is 7.11 Å². The number of nitrogens with one attached hydrogen (secondary N) is 1. The zero-order valence-corrected chi connectivity index (χ0v) is 10.9. The van der Waals surface area contributed by atoms with Gasteiger partial charge in [-0.05, 0) is 23.6 Å². The van der Waals surface area contributed by atoms with Gasteiger partial charge in [0.25, 0.3) is 0 Å². The minimum atomic E-state index is -0.273. The van der Waals surface area contributed by atoms with Gasteiger partial charge in [-0.1, -0.05) is 32.4 Å². The van der Waals surface area contributed by atoms with E-state index in [0.717, 1.165) is 18.7 Å². The maximum absolute atomic E-state index is 9.81. The molecule has 1 rings (SSSR count). The number of hydrogen-bond donors (Lipinski definition) is 2. The molecule has 17 heavy (non-hydrogen) atoms. The molecule has 0 aliphatic carbocycles. The molecule has 0 spiro atoms. The average Bonchev–Trinajstić information content (AvgIpc) is 2.37. The molecule has 2 N–H and O–H groups in total. The normalized spacial score (nSPS) is 14.4. The third-order valence-corrected chi connectivity index (χ3v) is 3.12. The highest BCUT2D eigenvalue weighted by Crippen LogP contribution is 2.12. The first kappa shape index (κ1) is 14.0. The van der Waals surface area contributed by atoms with E-state index in [-0.39, 0.29) is 6.10 Å². The van der Waals surface area contributed by atoms with E-state index in [9.17, 15) is 5.11 Å². The molecule has 0 bridgehead atoms. The number of benzene rings is 1. The maximum Gasteiger partial charge on any atom is 0.119 e. The molecule has 0 aromatic heterocycles. The van der Waals surface area contributed by atoms with Crippen molar-refractivity contribution in [1.82, 2.24) is 5.32 Å². The highest BCUT2D eigenvalue weighted by molar-refractivity contribution is 5.28. The summed E-state index contributed by atoms with van der Waals surface area (Å²) in [6.07, 6.45) is 0.729. The van der Waals surface area contributed by atoms with Crippen LogP contribution in [0.2, 0.25) is 0 Å². The van der Waals surface area contributed by atoms with Crippen molar-refractivity contribution < 1.29 is 9.84 Å². The van der Waals surface area contributed by atoms with Crippen LogP contribution in [0, 0.1) is 5.92 Å². The molecule has 2 atom stereocenters. The first-order valence-electron chi connectivity index (χ1n) is 6.19. The van der Waals surface area contributed by atoms with E-state index in [1.807, 2.05) is 24.3 Å². The summed E-state index contributed by atoms with van der Waals surface area (Å²) in [5, 5.41) is 13.1. The lowest BCUT2D eigenvalue weighted by atomic mass is 10.0. The molecule has 0 radical (unpaired) electrons. The van der Waals surface area contributed by atoms with Gasteiger partial charge in [0, 0.05) is 13.1 Å². The van der Waals surface area contributed by atoms with E-state index in [4.69, 9.17) is 4.74 Å². The van der Waals surface area contributed by atoms with Gasteiger partial charge < -0.3 is 15.2 Å². The lowest BCUT2D eigenvalue weighted by molar-refractivity contribution is 0.113. The molecule has 1 aromatic rings. The van der Waals surface area contributed by atoms with Gasteiger partial charge in [0.1, 0.15) is 5.75 Å². The standard InChI is InChI=1S/C14H23NO2/c1-4-11(2)14(16)10-15-9-12-6-5-7-13(8-12)17-3/h5-8,11,14-16H,4,9-10H2,1-3H3. The van der Waals surface area contributed by atoms with Gasteiger partial charge in [-0.15, -0.1) is 0 Å². The highest BCUT2D eigenvalue weighted by Gasteiger charge is 2.11. The van der Waals surface area contributed by atoms with Crippen molar-refractivity contribution in [2.75, 3.05) is 13.7 Å². The van der Waals surface area contributed by atoms with Crippen LogP contribution in [0.25, 0.3) is 0 Å². The summed E-state index contributed by atoms with van der Waals surface area (Å²) in [6, 6.07) is 7.95. The lowest BCUT2D eigenvalue weighted by Gasteiger charge is -2.17. The van der Waals surface area contributed by atoms with Crippen molar-refractivity contribution in [3.8, 4) is 5.75 Å². The molecular weight excluding hydrogens is 214 g/mol. The molecule has 0 saturated carbocycles. The van der Waals surface area contributed by atoms with Crippen molar-refractivity contribution in [3.05, 3.63) is 29.8 Å². The summed E-state index contributed by atoms with van der Waals surface area (Å²) in [7, 11) is 1.67. The summed E-state index contributed by atoms with van der Waals surface area (Å²) in [5.74, 6) is 1.21. The lowest BCUT2D eigenvalue weighted by Crippen LogP contribution is -2.31. The molecule has 3 nitrogen and oxygen atoms in total. The Bertz CT molecular complexity index is 328. The number of rotatable bonds is 7. The SMILES string of the molecule is CCC(C)C(O)CNCc1cccc(OC)c1. The fourth-order valence-corrected chi connectivity index (χ4v) is 1.62. The van der Waals surface area contributed by atoms with Crippen LogP contribution in [0.4, 0.5) is 0 Å². The molecule has 0 fully saturated rings. The third kappa shape index (κ3) is 4.75. The van der Waals surface area contributed by atoms with Gasteiger partial charge in [-0.25, -0.2) is 0 Å². The van der Waals surface area contributed by atoms with Gasteiger partial charge in [0.2, 0.25) is 0 Å². The molecule has 1 aromatic carbocycles. The van der Waals surface area contributed by atoms with Crippen LogP contribution < -0.4 is 10.1 Å². The summed E-state index contributed by atoms with van der Waals surface area (Å²) < 4.78 is 5.16. The van der Waals surface area contributed by atoms with Crippen LogP contribution in [0.1, 0.15) is 25.8 Å². The van der Waals surface area contributed by atoms with Gasteiger partial charge in [-0.3, -0.25) is 0 Å². The molecule has 3 heteroatoms. The van der Waals surface area contributed by atoms with E-state index in [2.05, 4.69) is 19.2 Å². The van der Waals surface area contributed by atoms with Gasteiger partial charge >= 0.3 is 0 Å². The largest absolute Gasteiger partial charge is 0.497 e. The second-order valence-electron chi connectivity index (χ2n) is 4.44. The Morgan fingerprint density at radius 3 is 2.82 bits per heavy atom. The Balaban J connectivity index is 2.35. The second-order valence-corrected chi connectivity index (χ2v) is 4.44. The minimum Gasteiger partial charge on any atom is -0.497 e. The van der Waals surface area contributed by atoms with E-state index < -0.39 is 0 Å². The maximum atomic E-state index is 9.81. The molecule has 0 saturated heterocycles. The molecule has 2 unspecified atom stereocenters. The predicted molar refractivity (Wildman–Crippen MR) is 70.2 cm³/mol. The van der Waals surface area contributed by atoms with Gasteiger partial charge in [0.05, 0.1) is 13.2 Å². The number of aliphatic hydroxyl groups is 1. The van der Waals surface area contributed by atoms with Crippen LogP contribution in [0.15, 0.2) is 24.3 Å². The number of aliphatic hydroxyl groups excluding tert-OH is 1. The minimum absolute atomic E-state index is 0.273. The van der Waals surface area contributed by atoms with Gasteiger partial charge in [0.15, 0.2) is 0 Å². The Kier molecular flexibility index (Phi) is 6.01. The monoisotopic (exact) mass is 237 g/mol. The van der Waals surface area contributed by atoms with Gasteiger partial charge in [-0.2, -0.15) is 0 Å². The first-order chi connectivity index (χ1) is 8.17. The average molecular weight is 237 g/mol. The van der Waals surface area contributed by atoms with Crippen molar-refractivity contribution >= 4 is 0 Å². The summed E-state index contributed by atoms with van der Waals surface area (Å²) >= 11 is 0. The highest BCUT2D eigenvalue weighted by atomic mass is 16.5. The summed E-state index contributed by atoms with van der Waals surface area (Å²) in [4.78, 5) is 0.